The molecule has 0 spiro atoms. The summed E-state index contributed by atoms with van der Waals surface area (Å²) in [6.45, 7) is 0. The van der Waals surface area contributed by atoms with Crippen LogP contribution in [0.1, 0.15) is 6.42 Å². The van der Waals surface area contributed by atoms with Gasteiger partial charge in [0.05, 0.1) is 6.42 Å². The number of hydrogen-bond donors (Lipinski definition) is 2. The number of carboxylic acid groups (broad SMARTS) is 1. The van der Waals surface area contributed by atoms with Gasteiger partial charge in [-0.1, -0.05) is 24.3 Å². The molecule has 0 heterocycles. The highest BCUT2D eigenvalue weighted by atomic mass is 16.4. The number of ketones is 1. The van der Waals surface area contributed by atoms with Gasteiger partial charge in [-0.2, -0.15) is 0 Å². The normalized spacial score (nSPS) is 13.4. The van der Waals surface area contributed by atoms with E-state index in [4.69, 9.17) is 5.11 Å². The predicted octanol–water partition coefficient (Wildman–Crippen LogP) is 0.968. The van der Waals surface area contributed by atoms with E-state index in [2.05, 4.69) is 0 Å². The lowest BCUT2D eigenvalue weighted by atomic mass is 10.1. The van der Waals surface area contributed by atoms with Crippen molar-refractivity contribution in [3.8, 4) is 0 Å². The zero-order valence-electron chi connectivity index (χ0n) is 6.73. The van der Waals surface area contributed by atoms with Gasteiger partial charge in [-0.3, -0.25) is 4.79 Å². The lowest BCUT2D eigenvalue weighted by Gasteiger charge is -1.98. The fourth-order valence-electron chi connectivity index (χ4n) is 0.896. The van der Waals surface area contributed by atoms with Gasteiger partial charge in [0, 0.05) is 5.57 Å². The van der Waals surface area contributed by atoms with Gasteiger partial charge in [0.25, 0.3) is 0 Å². The Morgan fingerprint density at radius 3 is 2.15 bits per heavy atom. The van der Waals surface area contributed by atoms with Gasteiger partial charge in [-0.25, -0.2) is 4.79 Å². The molecule has 0 bridgehead atoms. The van der Waals surface area contributed by atoms with Crippen molar-refractivity contribution in [3.05, 3.63) is 35.6 Å². The molecule has 1 aliphatic carbocycles. The molecule has 0 aliphatic heterocycles. The van der Waals surface area contributed by atoms with Crippen LogP contribution in [0.2, 0.25) is 0 Å². The second kappa shape index (κ2) is 3.71. The maximum absolute atomic E-state index is 10.7. The van der Waals surface area contributed by atoms with Gasteiger partial charge >= 0.3 is 5.97 Å². The van der Waals surface area contributed by atoms with Crippen LogP contribution in [0.25, 0.3) is 0 Å². The molecule has 0 fully saturated rings. The van der Waals surface area contributed by atoms with E-state index in [-0.39, 0.29) is 5.76 Å². The minimum atomic E-state index is -1.53. The minimum Gasteiger partial charge on any atom is -0.511 e. The van der Waals surface area contributed by atoms with E-state index in [0.717, 1.165) is 0 Å². The number of rotatable bonds is 3. The minimum absolute atomic E-state index is 0.211. The van der Waals surface area contributed by atoms with Crippen molar-refractivity contribution in [1.29, 1.82) is 0 Å². The van der Waals surface area contributed by atoms with Crippen molar-refractivity contribution in [2.75, 3.05) is 0 Å². The van der Waals surface area contributed by atoms with E-state index in [9.17, 15) is 14.7 Å². The average Bonchev–Trinajstić information content (AvgIpc) is 2.55. The number of aliphatic hydroxyl groups is 1. The Kier molecular flexibility index (Phi) is 2.64. The Morgan fingerprint density at radius 1 is 1.15 bits per heavy atom. The third-order valence-electron chi connectivity index (χ3n) is 1.56. The molecule has 4 heteroatoms. The topological polar surface area (TPSA) is 74.6 Å². The molecule has 2 N–H and O–H groups in total. The van der Waals surface area contributed by atoms with Crippen molar-refractivity contribution >= 4 is 11.8 Å². The summed E-state index contributed by atoms with van der Waals surface area (Å²) in [6.07, 6.45) is 6.13. The summed E-state index contributed by atoms with van der Waals surface area (Å²) in [5.41, 5.74) is 0.481. The maximum Gasteiger partial charge on any atom is 0.372 e. The SMILES string of the molecule is O=C(O)C(=O)CC(O)=C1C=CC=C1. The number of allylic oxidation sites excluding steroid dienone is 6. The van der Waals surface area contributed by atoms with Crippen LogP contribution in [0.5, 0.6) is 0 Å². The third-order valence-corrected chi connectivity index (χ3v) is 1.56. The molecule has 13 heavy (non-hydrogen) atoms. The number of carbonyl (C=O) groups is 2. The summed E-state index contributed by atoms with van der Waals surface area (Å²) in [4.78, 5) is 20.8. The fourth-order valence-corrected chi connectivity index (χ4v) is 0.896. The van der Waals surface area contributed by atoms with Gasteiger partial charge in [0.1, 0.15) is 5.76 Å². The quantitative estimate of drug-likeness (QED) is 0.501. The van der Waals surface area contributed by atoms with Crippen LogP contribution in [0.3, 0.4) is 0 Å². The molecule has 0 saturated carbocycles. The van der Waals surface area contributed by atoms with Crippen LogP contribution in [0.15, 0.2) is 35.6 Å². The highest BCUT2D eigenvalue weighted by Crippen LogP contribution is 2.13. The van der Waals surface area contributed by atoms with Gasteiger partial charge in [0.15, 0.2) is 0 Å². The van der Waals surface area contributed by atoms with Gasteiger partial charge in [-0.05, 0) is 0 Å². The lowest BCUT2D eigenvalue weighted by molar-refractivity contribution is -0.149. The summed E-state index contributed by atoms with van der Waals surface area (Å²) in [6, 6.07) is 0. The Labute approximate surface area is 74.5 Å². The highest BCUT2D eigenvalue weighted by Gasteiger charge is 2.15. The molecule has 0 aromatic rings. The first kappa shape index (κ1) is 9.25. The maximum atomic E-state index is 10.7. The molecule has 0 saturated heterocycles. The first-order valence-corrected chi connectivity index (χ1v) is 3.64. The zero-order chi connectivity index (χ0) is 9.84. The molecule has 4 nitrogen and oxygen atoms in total. The second-order valence-corrected chi connectivity index (χ2v) is 2.53. The molecule has 0 amide bonds. The van der Waals surface area contributed by atoms with Gasteiger partial charge in [0.2, 0.25) is 5.78 Å². The molecule has 68 valence electrons. The van der Waals surface area contributed by atoms with Crippen LogP contribution < -0.4 is 0 Å². The third kappa shape index (κ3) is 2.30. The first-order chi connectivity index (χ1) is 6.11. The second-order valence-electron chi connectivity index (χ2n) is 2.53. The molecule has 1 rings (SSSR count). The van der Waals surface area contributed by atoms with Crippen molar-refractivity contribution in [2.24, 2.45) is 0 Å². The Bertz CT molecular complexity index is 320. The largest absolute Gasteiger partial charge is 0.511 e. The number of carbonyl (C=O) groups excluding carboxylic acids is 1. The summed E-state index contributed by atoms with van der Waals surface area (Å²) < 4.78 is 0. The first-order valence-electron chi connectivity index (χ1n) is 3.64. The van der Waals surface area contributed by atoms with Crippen molar-refractivity contribution < 1.29 is 19.8 Å². The van der Waals surface area contributed by atoms with E-state index < -0.39 is 18.2 Å². The monoisotopic (exact) mass is 180 g/mol. The summed E-state index contributed by atoms with van der Waals surface area (Å²) in [5.74, 6) is -2.76. The molecule has 0 aromatic heterocycles. The van der Waals surface area contributed by atoms with E-state index in [1.807, 2.05) is 0 Å². The smallest absolute Gasteiger partial charge is 0.372 e. The Balaban J connectivity index is 2.70. The Hall–Kier alpha value is -1.84. The van der Waals surface area contributed by atoms with Crippen molar-refractivity contribution in [1.82, 2.24) is 0 Å². The van der Waals surface area contributed by atoms with Crippen LogP contribution in [-0.2, 0) is 9.59 Å². The zero-order valence-corrected chi connectivity index (χ0v) is 6.73. The number of aliphatic hydroxyl groups excluding tert-OH is 1. The van der Waals surface area contributed by atoms with Crippen molar-refractivity contribution in [3.63, 3.8) is 0 Å². The number of hydrogen-bond acceptors (Lipinski definition) is 3. The molecule has 1 aliphatic rings. The number of aliphatic carboxylic acids is 1. The number of Topliss-reactive ketones (excluding diaryl/α,β-unsaturated/α-hetero) is 1. The van der Waals surface area contributed by atoms with E-state index in [1.165, 1.54) is 0 Å². The van der Waals surface area contributed by atoms with Gasteiger partial charge in [-0.15, -0.1) is 0 Å². The van der Waals surface area contributed by atoms with Gasteiger partial charge < -0.3 is 10.2 Å². The van der Waals surface area contributed by atoms with Crippen LogP contribution >= 0.6 is 0 Å². The molecular formula is C9H8O4. The molecule has 0 radical (unpaired) electrons. The summed E-state index contributed by atoms with van der Waals surface area (Å²) in [7, 11) is 0. The number of carboxylic acids is 1. The summed E-state index contributed by atoms with van der Waals surface area (Å²) >= 11 is 0. The van der Waals surface area contributed by atoms with Crippen molar-refractivity contribution in [2.45, 2.75) is 6.42 Å². The Morgan fingerprint density at radius 2 is 1.69 bits per heavy atom. The molecule has 0 unspecified atom stereocenters. The highest BCUT2D eigenvalue weighted by molar-refractivity contribution is 6.33. The van der Waals surface area contributed by atoms with E-state index in [0.29, 0.717) is 5.57 Å². The van der Waals surface area contributed by atoms with Crippen LogP contribution in [-0.4, -0.2) is 22.0 Å². The standard InChI is InChI=1S/C9H8O4/c10-7(5-8(11)9(12)13)6-3-1-2-4-6/h1-4,10H,5H2,(H,12,13). The lowest BCUT2D eigenvalue weighted by Crippen LogP contribution is -2.13. The molecule has 0 atom stereocenters. The average molecular weight is 180 g/mol. The van der Waals surface area contributed by atoms with Crippen LogP contribution in [0, 0.1) is 0 Å². The van der Waals surface area contributed by atoms with E-state index >= 15 is 0 Å². The predicted molar refractivity (Wildman–Crippen MR) is 45.2 cm³/mol. The molecular weight excluding hydrogens is 172 g/mol. The molecule has 0 aromatic carbocycles. The van der Waals surface area contributed by atoms with Crippen LogP contribution in [0.4, 0.5) is 0 Å². The summed E-state index contributed by atoms with van der Waals surface area (Å²) in [5, 5.41) is 17.5. The van der Waals surface area contributed by atoms with E-state index in [1.54, 1.807) is 24.3 Å². The fraction of sp³-hybridized carbons (Fsp3) is 0.111.